The number of hydrogen-bond acceptors (Lipinski definition) is 6. The molecule has 0 bridgehead atoms. The first-order valence-corrected chi connectivity index (χ1v) is 14.6. The third-order valence-electron chi connectivity index (χ3n) is 7.87. The number of hydrogen-bond donors (Lipinski definition) is 0. The van der Waals surface area contributed by atoms with Gasteiger partial charge in [-0.15, -0.1) is 0 Å². The van der Waals surface area contributed by atoms with E-state index in [0.29, 0.717) is 39.6 Å². The molecule has 1 heterocycles. The zero-order valence-electron chi connectivity index (χ0n) is 26.1. The molecule has 0 saturated heterocycles. The van der Waals surface area contributed by atoms with Crippen LogP contribution in [-0.2, 0) is 14.9 Å². The van der Waals surface area contributed by atoms with Gasteiger partial charge < -0.3 is 14.2 Å². The summed E-state index contributed by atoms with van der Waals surface area (Å²) in [6, 6.07) is 29.9. The fourth-order valence-electron chi connectivity index (χ4n) is 5.09. The van der Waals surface area contributed by atoms with Crippen molar-refractivity contribution in [3.63, 3.8) is 0 Å². The van der Waals surface area contributed by atoms with E-state index >= 15 is 0 Å². The second-order valence-corrected chi connectivity index (χ2v) is 11.5. The van der Waals surface area contributed by atoms with E-state index in [-0.39, 0.29) is 29.9 Å². The van der Waals surface area contributed by atoms with Crippen LogP contribution in [0.2, 0.25) is 0 Å². The topological polar surface area (TPSA) is 85.4 Å². The second kappa shape index (κ2) is 12.8. The van der Waals surface area contributed by atoms with Crippen molar-refractivity contribution in [1.29, 1.82) is 0 Å². The Balaban J connectivity index is 1.20. The largest absolute Gasteiger partial charge is 0.465 e. The molecule has 1 atom stereocenters. The summed E-state index contributed by atoms with van der Waals surface area (Å²) in [5.41, 5.74) is 3.72. The molecule has 5 rings (SSSR count). The number of nitrogens with zero attached hydrogens (tertiary/aromatic N) is 2. The maximum atomic E-state index is 12.7. The van der Waals surface area contributed by atoms with Crippen LogP contribution in [0.3, 0.4) is 0 Å². The number of amides is 3. The monoisotopic (exact) mass is 604 g/mol. The minimum Gasteiger partial charge on any atom is -0.465 e. The summed E-state index contributed by atoms with van der Waals surface area (Å²) in [7, 11) is 1.47. The third kappa shape index (κ3) is 6.66. The van der Waals surface area contributed by atoms with Crippen LogP contribution in [0.15, 0.2) is 109 Å². The average Bonchev–Trinajstić information content (AvgIpc) is 3.25. The number of anilines is 1. The molecule has 3 amide bonds. The number of carbonyl (C=O) groups excluding carboxylic acids is 3. The number of benzene rings is 4. The quantitative estimate of drug-likeness (QED) is 0.101. The van der Waals surface area contributed by atoms with Gasteiger partial charge in [-0.25, -0.2) is 0 Å². The summed E-state index contributed by atoms with van der Waals surface area (Å²) >= 11 is 0. The normalized spacial score (nSPS) is 13.3. The highest BCUT2D eigenvalue weighted by atomic mass is 16.7. The van der Waals surface area contributed by atoms with Crippen LogP contribution in [0.5, 0.6) is 17.2 Å². The van der Waals surface area contributed by atoms with Gasteiger partial charge in [0.15, 0.2) is 6.29 Å². The molecule has 0 aromatic heterocycles. The van der Waals surface area contributed by atoms with Gasteiger partial charge in [0, 0.05) is 23.7 Å². The molecule has 45 heavy (non-hydrogen) atoms. The van der Waals surface area contributed by atoms with Crippen molar-refractivity contribution in [2.24, 2.45) is 0 Å². The van der Waals surface area contributed by atoms with E-state index in [9.17, 15) is 14.4 Å². The van der Waals surface area contributed by atoms with Gasteiger partial charge in [-0.3, -0.25) is 24.2 Å². The molecular weight excluding hydrogens is 568 g/mol. The van der Waals surface area contributed by atoms with Gasteiger partial charge >= 0.3 is 0 Å². The van der Waals surface area contributed by atoms with Gasteiger partial charge in [0.2, 0.25) is 0 Å². The first kappa shape index (κ1) is 31.2. The van der Waals surface area contributed by atoms with Crippen LogP contribution in [-0.4, -0.2) is 42.7 Å². The van der Waals surface area contributed by atoms with E-state index in [0.717, 1.165) is 16.0 Å². The van der Waals surface area contributed by atoms with E-state index < -0.39 is 6.29 Å². The summed E-state index contributed by atoms with van der Waals surface area (Å²) in [4.78, 5) is 39.8. The molecule has 0 saturated carbocycles. The Kier molecular flexibility index (Phi) is 8.88. The summed E-state index contributed by atoms with van der Waals surface area (Å²) < 4.78 is 17.9. The van der Waals surface area contributed by atoms with E-state index in [1.807, 2.05) is 78.9 Å². The fourth-order valence-corrected chi connectivity index (χ4v) is 5.09. The molecule has 1 unspecified atom stereocenters. The summed E-state index contributed by atoms with van der Waals surface area (Å²) in [5.74, 6) is 0.891. The Morgan fingerprint density at radius 3 is 1.98 bits per heavy atom. The lowest BCUT2D eigenvalue weighted by Gasteiger charge is -2.27. The first-order chi connectivity index (χ1) is 21.5. The predicted molar refractivity (Wildman–Crippen MR) is 173 cm³/mol. The SMILES string of the molecule is C=C(C)C(=O)N(COC(C)Oc1ccc(C(C)(C)c2ccc(Oc3ccc4c(c3)C(=O)N(C)C4=O)cc2)cc1)c1ccccc1. The number of ether oxygens (including phenoxy) is 3. The lowest BCUT2D eigenvalue weighted by atomic mass is 9.78. The number of imide groups is 1. The molecule has 4 aromatic carbocycles. The number of carbonyl (C=O) groups is 3. The maximum absolute atomic E-state index is 12.7. The molecule has 0 aliphatic carbocycles. The average molecular weight is 605 g/mol. The van der Waals surface area contributed by atoms with Gasteiger partial charge in [-0.05, 0) is 79.6 Å². The lowest BCUT2D eigenvalue weighted by molar-refractivity contribution is -0.118. The van der Waals surface area contributed by atoms with Crippen molar-refractivity contribution >= 4 is 23.4 Å². The number of para-hydroxylation sites is 1. The van der Waals surface area contributed by atoms with Crippen molar-refractivity contribution in [1.82, 2.24) is 4.90 Å². The third-order valence-corrected chi connectivity index (χ3v) is 7.87. The highest BCUT2D eigenvalue weighted by Crippen LogP contribution is 2.35. The minimum atomic E-state index is -0.606. The van der Waals surface area contributed by atoms with Crippen LogP contribution in [0.1, 0.15) is 59.5 Å². The molecule has 4 aromatic rings. The Morgan fingerprint density at radius 1 is 0.822 bits per heavy atom. The van der Waals surface area contributed by atoms with Crippen molar-refractivity contribution < 1.29 is 28.6 Å². The molecular formula is C37H36N2O6. The van der Waals surface area contributed by atoms with Crippen molar-refractivity contribution in [3.8, 4) is 17.2 Å². The zero-order chi connectivity index (χ0) is 32.3. The molecule has 0 N–H and O–H groups in total. The Morgan fingerprint density at radius 2 is 1.38 bits per heavy atom. The molecule has 0 radical (unpaired) electrons. The molecule has 8 nitrogen and oxygen atoms in total. The summed E-state index contributed by atoms with van der Waals surface area (Å²) in [5, 5.41) is 0. The van der Waals surface area contributed by atoms with Crippen LogP contribution in [0, 0.1) is 0 Å². The van der Waals surface area contributed by atoms with Crippen molar-refractivity contribution in [2.45, 2.75) is 39.4 Å². The van der Waals surface area contributed by atoms with Gasteiger partial charge in [-0.2, -0.15) is 0 Å². The number of fused-ring (bicyclic) bond motifs is 1. The Hall–Kier alpha value is -5.21. The smallest absolute Gasteiger partial charge is 0.261 e. The summed E-state index contributed by atoms with van der Waals surface area (Å²) in [6.07, 6.45) is -0.606. The fraction of sp³-hybridized carbons (Fsp3) is 0.216. The lowest BCUT2D eigenvalue weighted by Crippen LogP contribution is -2.36. The van der Waals surface area contributed by atoms with Gasteiger partial charge in [0.25, 0.3) is 17.7 Å². The highest BCUT2D eigenvalue weighted by molar-refractivity contribution is 6.21. The predicted octanol–water partition coefficient (Wildman–Crippen LogP) is 7.34. The first-order valence-electron chi connectivity index (χ1n) is 14.6. The highest BCUT2D eigenvalue weighted by Gasteiger charge is 2.33. The standard InChI is InChI=1S/C37H36N2O6/c1-24(2)34(40)39(28-10-8-7-9-11-28)23-43-25(3)44-29-16-12-26(13-17-29)37(4,5)27-14-18-30(19-15-27)45-31-20-21-32-33(22-31)36(42)38(6)35(32)41/h7-22,25H,1,23H2,2-6H3. The maximum Gasteiger partial charge on any atom is 0.261 e. The van der Waals surface area contributed by atoms with Crippen LogP contribution >= 0.6 is 0 Å². The molecule has 8 heteroatoms. The van der Waals surface area contributed by atoms with Crippen molar-refractivity contribution in [3.05, 3.63) is 131 Å². The van der Waals surface area contributed by atoms with E-state index in [4.69, 9.17) is 14.2 Å². The van der Waals surface area contributed by atoms with Crippen molar-refractivity contribution in [2.75, 3.05) is 18.7 Å². The van der Waals surface area contributed by atoms with Gasteiger partial charge in [0.1, 0.15) is 24.0 Å². The number of rotatable bonds is 11. The minimum absolute atomic E-state index is 0.0172. The Bertz CT molecular complexity index is 1730. The Labute approximate surface area is 263 Å². The zero-order valence-corrected chi connectivity index (χ0v) is 26.1. The van der Waals surface area contributed by atoms with E-state index in [1.54, 1.807) is 32.0 Å². The van der Waals surface area contributed by atoms with Gasteiger partial charge in [-0.1, -0.05) is 62.9 Å². The molecule has 1 aliphatic rings. The van der Waals surface area contributed by atoms with Crippen LogP contribution < -0.4 is 14.4 Å². The molecule has 0 spiro atoms. The van der Waals surface area contributed by atoms with Gasteiger partial charge in [0.05, 0.1) is 11.1 Å². The molecule has 230 valence electrons. The van der Waals surface area contributed by atoms with E-state index in [1.165, 1.54) is 11.9 Å². The second-order valence-electron chi connectivity index (χ2n) is 11.5. The van der Waals surface area contributed by atoms with E-state index in [2.05, 4.69) is 20.4 Å². The summed E-state index contributed by atoms with van der Waals surface area (Å²) in [6.45, 7) is 11.5. The molecule has 0 fully saturated rings. The molecule has 1 aliphatic heterocycles. The van der Waals surface area contributed by atoms with Crippen LogP contribution in [0.25, 0.3) is 0 Å². The van der Waals surface area contributed by atoms with Crippen LogP contribution in [0.4, 0.5) is 5.69 Å².